The van der Waals surface area contributed by atoms with Gasteiger partial charge in [-0.15, -0.1) is 0 Å². The van der Waals surface area contributed by atoms with Gasteiger partial charge in [0.15, 0.2) is 0 Å². The van der Waals surface area contributed by atoms with E-state index in [2.05, 4.69) is 40.4 Å². The number of benzene rings is 2. The number of hydrogen-bond acceptors (Lipinski definition) is 3. The highest BCUT2D eigenvalue weighted by Gasteiger charge is 2.17. The van der Waals surface area contributed by atoms with E-state index in [1.54, 1.807) is 42.5 Å². The molecule has 2 aromatic rings. The van der Waals surface area contributed by atoms with Gasteiger partial charge in [-0.1, -0.05) is 39.2 Å². The molecule has 2 amide bonds. The fraction of sp³-hybridized carbons (Fsp3) is 0.440. The van der Waals surface area contributed by atoms with Crippen LogP contribution in [0.1, 0.15) is 73.1 Å². The largest absolute Gasteiger partial charge is 0.492 e. The molecule has 0 atom stereocenters. The Morgan fingerprint density at radius 3 is 2.48 bits per heavy atom. The predicted molar refractivity (Wildman–Crippen MR) is 128 cm³/mol. The number of hydrogen-bond donors (Lipinski definition) is 2. The number of anilines is 1. The van der Waals surface area contributed by atoms with Gasteiger partial charge in [-0.05, 0) is 77.5 Å². The summed E-state index contributed by atoms with van der Waals surface area (Å²) in [7, 11) is 0. The molecule has 2 N–H and O–H groups in total. The average Bonchev–Trinajstić information content (AvgIpc) is 2.75. The van der Waals surface area contributed by atoms with Crippen molar-refractivity contribution in [1.29, 1.82) is 0 Å². The molecule has 0 aliphatic heterocycles. The van der Waals surface area contributed by atoms with Gasteiger partial charge in [0, 0.05) is 22.9 Å². The van der Waals surface area contributed by atoms with Gasteiger partial charge in [-0.2, -0.15) is 0 Å². The minimum absolute atomic E-state index is 0.0892. The molecule has 1 saturated carbocycles. The highest BCUT2D eigenvalue weighted by molar-refractivity contribution is 9.10. The summed E-state index contributed by atoms with van der Waals surface area (Å²) >= 11 is 3.49. The lowest BCUT2D eigenvalue weighted by Crippen LogP contribution is -2.36. The summed E-state index contributed by atoms with van der Waals surface area (Å²) < 4.78 is 6.52. The summed E-state index contributed by atoms with van der Waals surface area (Å²) in [6.07, 6.45) is 6.62. The molecule has 5 nitrogen and oxygen atoms in total. The highest BCUT2D eigenvalue weighted by atomic mass is 79.9. The molecule has 0 radical (unpaired) electrons. The van der Waals surface area contributed by atoms with Crippen molar-refractivity contribution in [2.45, 2.75) is 58.4 Å². The van der Waals surface area contributed by atoms with Gasteiger partial charge in [0.25, 0.3) is 11.8 Å². The van der Waals surface area contributed by atoms with Crippen molar-refractivity contribution in [2.24, 2.45) is 5.92 Å². The Kier molecular flexibility index (Phi) is 8.52. The van der Waals surface area contributed by atoms with Crippen LogP contribution in [0, 0.1) is 5.92 Å². The van der Waals surface area contributed by atoms with Gasteiger partial charge in [0.2, 0.25) is 0 Å². The van der Waals surface area contributed by atoms with Crippen molar-refractivity contribution in [2.75, 3.05) is 11.9 Å². The molecule has 31 heavy (non-hydrogen) atoms. The number of carbonyl (C=O) groups excluding carboxylic acids is 2. The van der Waals surface area contributed by atoms with E-state index in [0.717, 1.165) is 42.3 Å². The van der Waals surface area contributed by atoms with Crippen molar-refractivity contribution < 1.29 is 14.3 Å². The third-order valence-electron chi connectivity index (χ3n) is 5.47. The first-order chi connectivity index (χ1) is 14.9. The van der Waals surface area contributed by atoms with Crippen molar-refractivity contribution >= 4 is 33.4 Å². The summed E-state index contributed by atoms with van der Waals surface area (Å²) in [6.45, 7) is 4.94. The van der Waals surface area contributed by atoms with Gasteiger partial charge in [-0.3, -0.25) is 9.59 Å². The van der Waals surface area contributed by atoms with Crippen molar-refractivity contribution in [3.05, 3.63) is 58.1 Å². The van der Waals surface area contributed by atoms with Crippen LogP contribution in [0.4, 0.5) is 5.69 Å². The Hall–Kier alpha value is -2.34. The number of amides is 2. The van der Waals surface area contributed by atoms with Crippen LogP contribution in [-0.2, 0) is 0 Å². The Labute approximate surface area is 193 Å². The van der Waals surface area contributed by atoms with E-state index in [9.17, 15) is 9.59 Å². The smallest absolute Gasteiger partial charge is 0.255 e. The van der Waals surface area contributed by atoms with Crippen LogP contribution in [0.15, 0.2) is 46.9 Å². The van der Waals surface area contributed by atoms with Crippen LogP contribution >= 0.6 is 15.9 Å². The Balaban J connectivity index is 1.60. The minimum Gasteiger partial charge on any atom is -0.492 e. The fourth-order valence-corrected chi connectivity index (χ4v) is 4.11. The maximum absolute atomic E-state index is 12.7. The quantitative estimate of drug-likeness (QED) is 0.467. The molecule has 1 aliphatic rings. The highest BCUT2D eigenvalue weighted by Crippen LogP contribution is 2.27. The Bertz CT molecular complexity index is 907. The second-order valence-corrected chi connectivity index (χ2v) is 9.37. The van der Waals surface area contributed by atoms with E-state index in [1.807, 2.05) is 0 Å². The predicted octanol–water partition coefficient (Wildman–Crippen LogP) is 6.19. The Morgan fingerprint density at radius 1 is 1.03 bits per heavy atom. The first kappa shape index (κ1) is 23.3. The van der Waals surface area contributed by atoms with Crippen LogP contribution in [0.5, 0.6) is 5.75 Å². The van der Waals surface area contributed by atoms with E-state index < -0.39 is 0 Å². The van der Waals surface area contributed by atoms with Crippen molar-refractivity contribution in [1.82, 2.24) is 5.32 Å². The van der Waals surface area contributed by atoms with E-state index >= 15 is 0 Å². The molecule has 0 heterocycles. The van der Waals surface area contributed by atoms with E-state index in [4.69, 9.17) is 4.74 Å². The lowest BCUT2D eigenvalue weighted by molar-refractivity contribution is 0.0926. The number of rotatable bonds is 8. The molecule has 3 rings (SSSR count). The normalized spacial score (nSPS) is 14.3. The SMILES string of the molecule is CC(C)CCOc1ccc(C(=O)Nc2cccc(C(=O)NC3CCCCC3)c2)cc1Br. The summed E-state index contributed by atoms with van der Waals surface area (Å²) in [5.74, 6) is 0.968. The first-order valence-corrected chi connectivity index (χ1v) is 11.9. The number of nitrogens with one attached hydrogen (secondary N) is 2. The van der Waals surface area contributed by atoms with Crippen molar-refractivity contribution in [3.8, 4) is 5.75 Å². The second kappa shape index (κ2) is 11.3. The second-order valence-electron chi connectivity index (χ2n) is 8.52. The summed E-state index contributed by atoms with van der Waals surface area (Å²) in [5, 5.41) is 5.99. The lowest BCUT2D eigenvalue weighted by Gasteiger charge is -2.22. The summed E-state index contributed by atoms with van der Waals surface area (Å²) in [6, 6.07) is 12.6. The fourth-order valence-electron chi connectivity index (χ4n) is 3.62. The third-order valence-corrected chi connectivity index (χ3v) is 6.09. The lowest BCUT2D eigenvalue weighted by atomic mass is 9.95. The number of halogens is 1. The molecule has 6 heteroatoms. The van der Waals surface area contributed by atoms with Crippen LogP contribution in [-0.4, -0.2) is 24.5 Å². The van der Waals surface area contributed by atoms with Crippen LogP contribution in [0.25, 0.3) is 0 Å². The van der Waals surface area contributed by atoms with E-state index in [-0.39, 0.29) is 17.9 Å². The maximum Gasteiger partial charge on any atom is 0.255 e. The third kappa shape index (κ3) is 7.10. The minimum atomic E-state index is -0.237. The molecule has 0 spiro atoms. The number of carbonyl (C=O) groups is 2. The van der Waals surface area contributed by atoms with Gasteiger partial charge in [0.1, 0.15) is 5.75 Å². The molecular weight excluding hydrogens is 456 g/mol. The van der Waals surface area contributed by atoms with E-state index in [1.165, 1.54) is 6.42 Å². The van der Waals surface area contributed by atoms with Crippen LogP contribution < -0.4 is 15.4 Å². The van der Waals surface area contributed by atoms with Crippen LogP contribution in [0.2, 0.25) is 0 Å². The van der Waals surface area contributed by atoms with E-state index in [0.29, 0.717) is 29.3 Å². The number of ether oxygens (including phenoxy) is 1. The standard InChI is InChI=1S/C25H31BrN2O3/c1-17(2)13-14-31-23-12-11-19(16-22(23)26)25(30)28-21-10-6-7-18(15-21)24(29)27-20-8-4-3-5-9-20/h6-7,10-12,15-17,20H,3-5,8-9,13-14H2,1-2H3,(H,27,29)(H,28,30). The topological polar surface area (TPSA) is 67.4 Å². The monoisotopic (exact) mass is 486 g/mol. The zero-order chi connectivity index (χ0) is 22.2. The molecule has 166 valence electrons. The van der Waals surface area contributed by atoms with Gasteiger partial charge >= 0.3 is 0 Å². The molecular formula is C25H31BrN2O3. The Morgan fingerprint density at radius 2 is 1.77 bits per heavy atom. The molecule has 0 aromatic heterocycles. The first-order valence-electron chi connectivity index (χ1n) is 11.1. The zero-order valence-electron chi connectivity index (χ0n) is 18.2. The molecule has 2 aromatic carbocycles. The van der Waals surface area contributed by atoms with Gasteiger partial charge < -0.3 is 15.4 Å². The van der Waals surface area contributed by atoms with Crippen LogP contribution in [0.3, 0.4) is 0 Å². The molecule has 0 unspecified atom stereocenters. The molecule has 0 saturated heterocycles. The van der Waals surface area contributed by atoms with Gasteiger partial charge in [0.05, 0.1) is 11.1 Å². The molecule has 1 aliphatic carbocycles. The molecule has 1 fully saturated rings. The summed E-state index contributed by atoms with van der Waals surface area (Å²) in [5.41, 5.74) is 1.66. The average molecular weight is 487 g/mol. The summed E-state index contributed by atoms with van der Waals surface area (Å²) in [4.78, 5) is 25.3. The molecule has 0 bridgehead atoms. The van der Waals surface area contributed by atoms with Crippen molar-refractivity contribution in [3.63, 3.8) is 0 Å². The maximum atomic E-state index is 12.7. The zero-order valence-corrected chi connectivity index (χ0v) is 19.8. The van der Waals surface area contributed by atoms with Gasteiger partial charge in [-0.25, -0.2) is 0 Å².